The van der Waals surface area contributed by atoms with E-state index in [1.807, 2.05) is 6.29 Å². The molecule has 0 saturated carbocycles. The molecule has 31 heavy (non-hydrogen) atoms. The fourth-order valence-corrected chi connectivity index (χ4v) is 4.16. The van der Waals surface area contributed by atoms with E-state index in [4.69, 9.17) is 9.47 Å². The van der Waals surface area contributed by atoms with E-state index in [2.05, 4.69) is 34.6 Å². The summed E-state index contributed by atoms with van der Waals surface area (Å²) >= 11 is 0. The molecule has 1 unspecified atom stereocenters. The van der Waals surface area contributed by atoms with E-state index in [0.29, 0.717) is 23.8 Å². The molecule has 3 heteroatoms. The smallest absolute Gasteiger partial charge is 0.237 e. The van der Waals surface area contributed by atoms with Crippen LogP contribution in [0.15, 0.2) is 18.2 Å². The van der Waals surface area contributed by atoms with Crippen molar-refractivity contribution >= 4 is 6.29 Å². The van der Waals surface area contributed by atoms with Crippen LogP contribution in [0, 0.1) is 23.7 Å². The van der Waals surface area contributed by atoms with E-state index in [1.54, 1.807) is 25.3 Å². The molecule has 3 nitrogen and oxygen atoms in total. The summed E-state index contributed by atoms with van der Waals surface area (Å²) in [5.74, 6) is 4.50. The van der Waals surface area contributed by atoms with E-state index in [9.17, 15) is 4.79 Å². The van der Waals surface area contributed by atoms with E-state index >= 15 is 0 Å². The largest absolute Gasteiger partial charge is 0.496 e. The second-order valence-corrected chi connectivity index (χ2v) is 10.1. The number of rotatable bonds is 18. The van der Waals surface area contributed by atoms with Gasteiger partial charge in [0.2, 0.25) is 6.29 Å². The topological polar surface area (TPSA) is 35.5 Å². The number of hydrogen-bond donors (Lipinski definition) is 0. The quantitative estimate of drug-likeness (QED) is 0.236. The molecule has 1 aromatic rings. The predicted molar refractivity (Wildman–Crippen MR) is 132 cm³/mol. The summed E-state index contributed by atoms with van der Waals surface area (Å²) in [5, 5.41) is 0. The van der Waals surface area contributed by atoms with Crippen LogP contribution in [0.4, 0.5) is 0 Å². The summed E-state index contributed by atoms with van der Waals surface area (Å²) in [6.07, 6.45) is 15.2. The first-order valence-corrected chi connectivity index (χ1v) is 12.5. The van der Waals surface area contributed by atoms with Crippen LogP contribution in [0.5, 0.6) is 11.5 Å². The Morgan fingerprint density at radius 3 is 1.77 bits per heavy atom. The van der Waals surface area contributed by atoms with Gasteiger partial charge in [0.1, 0.15) is 11.5 Å². The lowest BCUT2D eigenvalue weighted by atomic mass is 9.91. The van der Waals surface area contributed by atoms with Gasteiger partial charge >= 0.3 is 0 Å². The van der Waals surface area contributed by atoms with E-state index < -0.39 is 0 Å². The Morgan fingerprint density at radius 2 is 1.29 bits per heavy atom. The molecule has 0 fully saturated rings. The Hall–Kier alpha value is -1.51. The van der Waals surface area contributed by atoms with Crippen LogP contribution in [0.2, 0.25) is 0 Å². The van der Waals surface area contributed by atoms with Gasteiger partial charge in [-0.05, 0) is 42.2 Å². The van der Waals surface area contributed by atoms with Crippen LogP contribution in [-0.4, -0.2) is 20.0 Å². The van der Waals surface area contributed by atoms with E-state index in [1.165, 1.54) is 57.8 Å². The number of carbonyl (C=O) groups excluding carboxylic acids is 1. The van der Waals surface area contributed by atoms with Crippen LogP contribution in [-0.2, 0) is 4.79 Å². The third-order valence-electron chi connectivity index (χ3n) is 6.43. The zero-order valence-electron chi connectivity index (χ0n) is 21.0. The molecule has 0 aromatic heterocycles. The lowest BCUT2D eigenvalue weighted by molar-refractivity contribution is 0.273. The lowest BCUT2D eigenvalue weighted by Crippen LogP contribution is -2.06. The van der Waals surface area contributed by atoms with Gasteiger partial charge in [-0.25, -0.2) is 0 Å². The second-order valence-electron chi connectivity index (χ2n) is 10.1. The van der Waals surface area contributed by atoms with Crippen LogP contribution in [0.25, 0.3) is 0 Å². The highest BCUT2D eigenvalue weighted by Gasteiger charge is 2.09. The Balaban J connectivity index is 2.10. The molecule has 0 aliphatic carbocycles. The Bertz CT molecular complexity index is 596. The normalized spacial score (nSPS) is 14.3. The minimum atomic E-state index is 0.429. The summed E-state index contributed by atoms with van der Waals surface area (Å²) in [4.78, 5) is 10.8. The van der Waals surface area contributed by atoms with Gasteiger partial charge in [-0.3, -0.25) is 4.79 Å². The first kappa shape index (κ1) is 27.5. The maximum absolute atomic E-state index is 10.8. The van der Waals surface area contributed by atoms with Gasteiger partial charge < -0.3 is 9.47 Å². The molecule has 0 aliphatic rings. The summed E-state index contributed by atoms with van der Waals surface area (Å²) in [7, 11) is 1.55. The summed E-state index contributed by atoms with van der Waals surface area (Å²) < 4.78 is 11.1. The monoisotopic (exact) mass is 431 g/mol. The van der Waals surface area contributed by atoms with Gasteiger partial charge in [-0.15, -0.1) is 0 Å². The van der Waals surface area contributed by atoms with Crippen molar-refractivity contribution in [3.63, 3.8) is 0 Å². The second kappa shape index (κ2) is 16.2. The summed E-state index contributed by atoms with van der Waals surface area (Å²) in [6.45, 7) is 12.5. The molecule has 0 spiro atoms. The van der Waals surface area contributed by atoms with Crippen molar-refractivity contribution in [2.24, 2.45) is 23.7 Å². The minimum absolute atomic E-state index is 0.429. The molecule has 3 atom stereocenters. The first-order chi connectivity index (χ1) is 14.8. The van der Waals surface area contributed by atoms with Gasteiger partial charge in [0, 0.05) is 6.07 Å². The molecular weight excluding hydrogens is 384 g/mol. The van der Waals surface area contributed by atoms with E-state index in [0.717, 1.165) is 29.9 Å². The molecule has 0 aliphatic heterocycles. The van der Waals surface area contributed by atoms with Crippen LogP contribution < -0.4 is 9.47 Å². The Kier molecular flexibility index (Phi) is 14.4. The minimum Gasteiger partial charge on any atom is -0.496 e. The van der Waals surface area contributed by atoms with Crippen molar-refractivity contribution in [3.8, 4) is 11.5 Å². The number of methoxy groups -OCH3 is 1. The fraction of sp³-hybridized carbons (Fsp3) is 0.750. The molecule has 0 bridgehead atoms. The molecule has 0 amide bonds. The standard InChI is InChI=1S/C28H47O3/c1-22(2)10-7-11-23(3)12-8-13-24(4)14-9-15-25(5)18-19-31-27-17-16-26(21-29)28(20-27)30-6/h16-17,20,22-25H,7-15,18-19H2,1-6H3/t23-,24-,25?/m1/s1. The molecule has 0 heterocycles. The highest BCUT2D eigenvalue weighted by molar-refractivity contribution is 5.80. The zero-order chi connectivity index (χ0) is 23.1. The molecule has 1 rings (SSSR count). The predicted octanol–water partition coefficient (Wildman–Crippen LogP) is 8.00. The molecule has 0 saturated heterocycles. The van der Waals surface area contributed by atoms with Crippen LogP contribution in [0.3, 0.4) is 0 Å². The maximum atomic E-state index is 10.8. The van der Waals surface area contributed by atoms with Gasteiger partial charge in [-0.1, -0.05) is 92.4 Å². The lowest BCUT2D eigenvalue weighted by Gasteiger charge is -2.16. The van der Waals surface area contributed by atoms with E-state index in [-0.39, 0.29) is 0 Å². The van der Waals surface area contributed by atoms with Crippen molar-refractivity contribution in [2.45, 2.75) is 98.8 Å². The number of ether oxygens (including phenoxy) is 2. The van der Waals surface area contributed by atoms with Gasteiger partial charge in [0.05, 0.1) is 19.3 Å². The highest BCUT2D eigenvalue weighted by atomic mass is 16.5. The molecule has 1 radical (unpaired) electrons. The van der Waals surface area contributed by atoms with Crippen LogP contribution in [0.1, 0.15) is 104 Å². The molecule has 0 N–H and O–H groups in total. The molecular formula is C28H47O3. The van der Waals surface area contributed by atoms with Crippen LogP contribution >= 0.6 is 0 Å². The maximum Gasteiger partial charge on any atom is 0.237 e. The third kappa shape index (κ3) is 12.8. The Labute approximate surface area is 192 Å². The third-order valence-corrected chi connectivity index (χ3v) is 6.43. The van der Waals surface area contributed by atoms with Crippen molar-refractivity contribution < 1.29 is 14.3 Å². The fourth-order valence-electron chi connectivity index (χ4n) is 4.16. The summed E-state index contributed by atoms with van der Waals surface area (Å²) in [5.41, 5.74) is 0.429. The first-order valence-electron chi connectivity index (χ1n) is 12.5. The van der Waals surface area contributed by atoms with Crippen molar-refractivity contribution in [1.82, 2.24) is 0 Å². The van der Waals surface area contributed by atoms with Gasteiger partial charge in [0.25, 0.3) is 0 Å². The average molecular weight is 432 g/mol. The zero-order valence-corrected chi connectivity index (χ0v) is 21.0. The summed E-state index contributed by atoms with van der Waals surface area (Å²) in [6, 6.07) is 5.26. The van der Waals surface area contributed by atoms with Gasteiger partial charge in [0.15, 0.2) is 0 Å². The molecule has 1 aromatic carbocycles. The number of benzene rings is 1. The van der Waals surface area contributed by atoms with Crippen molar-refractivity contribution in [3.05, 3.63) is 23.8 Å². The molecule has 177 valence electrons. The number of hydrogen-bond acceptors (Lipinski definition) is 3. The SMILES string of the molecule is COc1cc(OCCC(C)CCC[C@H](C)CCC[C@H](C)CCCC(C)C)ccc1[C]=O. The Morgan fingerprint density at radius 1 is 0.774 bits per heavy atom. The van der Waals surface area contributed by atoms with Crippen molar-refractivity contribution in [2.75, 3.05) is 13.7 Å². The average Bonchev–Trinajstić information content (AvgIpc) is 2.73. The highest BCUT2D eigenvalue weighted by Crippen LogP contribution is 2.25. The van der Waals surface area contributed by atoms with Gasteiger partial charge in [-0.2, -0.15) is 0 Å². The van der Waals surface area contributed by atoms with Crippen molar-refractivity contribution in [1.29, 1.82) is 0 Å².